The maximum atomic E-state index is 12.3. The largest absolute Gasteiger partial charge is 0.336 e. The summed E-state index contributed by atoms with van der Waals surface area (Å²) in [5.41, 5.74) is 1.64. The Morgan fingerprint density at radius 3 is 2.62 bits per heavy atom. The van der Waals surface area contributed by atoms with Gasteiger partial charge in [-0.1, -0.05) is 6.07 Å². The van der Waals surface area contributed by atoms with Crippen LogP contribution in [0.3, 0.4) is 0 Å². The van der Waals surface area contributed by atoms with Gasteiger partial charge < -0.3 is 20.4 Å². The highest BCUT2D eigenvalue weighted by molar-refractivity contribution is 6.07. The molecule has 4 rings (SSSR count). The third-order valence-corrected chi connectivity index (χ3v) is 5.33. The van der Waals surface area contributed by atoms with Crippen molar-refractivity contribution >= 4 is 29.6 Å². The van der Waals surface area contributed by atoms with Crippen LogP contribution in [0, 0.1) is 0 Å². The highest BCUT2D eigenvalue weighted by atomic mass is 16.2. The van der Waals surface area contributed by atoms with Crippen molar-refractivity contribution in [3.63, 3.8) is 0 Å². The summed E-state index contributed by atoms with van der Waals surface area (Å²) in [7, 11) is 1.62. The van der Waals surface area contributed by atoms with Gasteiger partial charge in [0.25, 0.3) is 5.91 Å². The molecule has 3 aliphatic rings. The summed E-state index contributed by atoms with van der Waals surface area (Å²) in [5.74, 6) is -0.563. The highest BCUT2D eigenvalue weighted by Gasteiger charge is 2.54. The highest BCUT2D eigenvalue weighted by Crippen LogP contribution is 2.38. The van der Waals surface area contributed by atoms with E-state index >= 15 is 0 Å². The van der Waals surface area contributed by atoms with E-state index in [9.17, 15) is 19.2 Å². The van der Waals surface area contributed by atoms with E-state index in [-0.39, 0.29) is 30.4 Å². The molecule has 0 saturated carbocycles. The van der Waals surface area contributed by atoms with Crippen LogP contribution < -0.4 is 16.0 Å². The lowest BCUT2D eigenvalue weighted by atomic mass is 9.95. The third-order valence-electron chi connectivity index (χ3n) is 5.33. The molecule has 0 radical (unpaired) electrons. The van der Waals surface area contributed by atoms with Crippen LogP contribution >= 0.6 is 0 Å². The van der Waals surface area contributed by atoms with Gasteiger partial charge in [-0.25, -0.2) is 9.59 Å². The Balaban J connectivity index is 1.47. The lowest BCUT2D eigenvalue weighted by molar-refractivity contribution is -0.125. The molecule has 136 valence electrons. The van der Waals surface area contributed by atoms with E-state index in [1.165, 1.54) is 9.80 Å². The molecule has 2 saturated heterocycles. The van der Waals surface area contributed by atoms with Gasteiger partial charge >= 0.3 is 12.1 Å². The number of urea groups is 2. The van der Waals surface area contributed by atoms with Gasteiger partial charge in [0.2, 0.25) is 5.91 Å². The average molecular weight is 357 g/mol. The zero-order valence-electron chi connectivity index (χ0n) is 14.3. The second-order valence-electron chi connectivity index (χ2n) is 6.89. The molecular formula is C17H19N5O4. The summed E-state index contributed by atoms with van der Waals surface area (Å²) in [6.45, 7) is 1.04. The first-order valence-electron chi connectivity index (χ1n) is 8.43. The lowest BCUT2D eigenvalue weighted by Crippen LogP contribution is -2.48. The number of hydrogen-bond donors (Lipinski definition) is 3. The second kappa shape index (κ2) is 5.72. The first-order chi connectivity index (χ1) is 12.4. The molecule has 2 aliphatic heterocycles. The molecule has 26 heavy (non-hydrogen) atoms. The summed E-state index contributed by atoms with van der Waals surface area (Å²) in [4.78, 5) is 50.7. The van der Waals surface area contributed by atoms with Crippen LogP contribution in [0.25, 0.3) is 0 Å². The van der Waals surface area contributed by atoms with Crippen LogP contribution in [0.2, 0.25) is 0 Å². The summed E-state index contributed by atoms with van der Waals surface area (Å²) in [5, 5.41) is 7.80. The van der Waals surface area contributed by atoms with E-state index in [0.717, 1.165) is 11.1 Å². The maximum absolute atomic E-state index is 12.3. The van der Waals surface area contributed by atoms with E-state index in [0.29, 0.717) is 31.6 Å². The van der Waals surface area contributed by atoms with Crippen molar-refractivity contribution in [2.75, 3.05) is 32.0 Å². The number of rotatable bonds is 3. The van der Waals surface area contributed by atoms with Crippen molar-refractivity contribution in [3.8, 4) is 0 Å². The average Bonchev–Trinajstić information content (AvgIpc) is 3.22. The normalized spacial score (nSPS) is 24.1. The first kappa shape index (κ1) is 16.4. The first-order valence-corrected chi connectivity index (χ1v) is 8.43. The number of nitrogens with zero attached hydrogens (tertiary/aromatic N) is 2. The van der Waals surface area contributed by atoms with Gasteiger partial charge in [0, 0.05) is 38.7 Å². The fourth-order valence-electron chi connectivity index (χ4n) is 3.81. The van der Waals surface area contributed by atoms with Crippen molar-refractivity contribution in [1.29, 1.82) is 0 Å². The molecule has 0 aromatic heterocycles. The number of likely N-dealkylation sites (N-methyl/N-ethyl adjacent to an activating group) is 1. The number of hydrogen-bond acceptors (Lipinski definition) is 4. The Bertz CT molecular complexity index is 838. The van der Waals surface area contributed by atoms with Crippen molar-refractivity contribution in [3.05, 3.63) is 29.3 Å². The Labute approximate surface area is 149 Å². The molecule has 6 amide bonds. The number of imide groups is 1. The SMILES string of the molecule is CN1C(=O)NC(=O)C12Cc1ccc(NC(=O)CN3CCNC3=O)cc1C2. The second-order valence-corrected chi connectivity index (χ2v) is 6.89. The van der Waals surface area contributed by atoms with Gasteiger partial charge in [-0.3, -0.25) is 14.9 Å². The van der Waals surface area contributed by atoms with E-state index < -0.39 is 5.54 Å². The summed E-state index contributed by atoms with van der Waals surface area (Å²) < 4.78 is 0. The van der Waals surface area contributed by atoms with E-state index in [1.54, 1.807) is 13.1 Å². The van der Waals surface area contributed by atoms with Gasteiger partial charge in [0.05, 0.1) is 0 Å². The molecule has 2 fully saturated rings. The maximum Gasteiger partial charge on any atom is 0.324 e. The minimum atomic E-state index is -0.879. The quantitative estimate of drug-likeness (QED) is 0.643. The number of carbonyl (C=O) groups is 4. The minimum Gasteiger partial charge on any atom is -0.336 e. The van der Waals surface area contributed by atoms with Gasteiger partial charge in [-0.15, -0.1) is 0 Å². The van der Waals surface area contributed by atoms with Gasteiger partial charge in [0.15, 0.2) is 0 Å². The molecular weight excluding hydrogens is 338 g/mol. The fraction of sp³-hybridized carbons (Fsp3) is 0.412. The van der Waals surface area contributed by atoms with Crippen LogP contribution in [-0.4, -0.2) is 65.9 Å². The molecule has 2 heterocycles. The monoisotopic (exact) mass is 357 g/mol. The predicted octanol–water partition coefficient (Wildman–Crippen LogP) is -0.331. The topological polar surface area (TPSA) is 111 Å². The summed E-state index contributed by atoms with van der Waals surface area (Å²) in [6.07, 6.45) is 0.868. The molecule has 1 atom stereocenters. The molecule has 1 aromatic rings. The Morgan fingerprint density at radius 2 is 1.96 bits per heavy atom. The zero-order valence-corrected chi connectivity index (χ0v) is 14.3. The number of carbonyl (C=O) groups excluding carboxylic acids is 4. The number of amides is 6. The smallest absolute Gasteiger partial charge is 0.324 e. The Kier molecular flexibility index (Phi) is 3.60. The number of anilines is 1. The molecule has 1 aliphatic carbocycles. The minimum absolute atomic E-state index is 0.00744. The Hall–Kier alpha value is -3.10. The standard InChI is InChI=1S/C17H19N5O4/c1-21-16(26)20-14(24)17(21)7-10-2-3-12(6-11(10)8-17)19-13(23)9-22-5-4-18-15(22)25/h2-3,6H,4-5,7-9H2,1H3,(H,18,25)(H,19,23)(H,20,24,26). The van der Waals surface area contributed by atoms with Crippen LogP contribution in [-0.2, 0) is 22.4 Å². The van der Waals surface area contributed by atoms with Gasteiger partial charge in [-0.2, -0.15) is 0 Å². The summed E-state index contributed by atoms with van der Waals surface area (Å²) >= 11 is 0. The molecule has 9 heteroatoms. The molecule has 1 unspecified atom stereocenters. The lowest BCUT2D eigenvalue weighted by Gasteiger charge is -2.27. The van der Waals surface area contributed by atoms with Crippen LogP contribution in [0.1, 0.15) is 11.1 Å². The number of fused-ring (bicyclic) bond motifs is 1. The Morgan fingerprint density at radius 1 is 1.19 bits per heavy atom. The predicted molar refractivity (Wildman–Crippen MR) is 91.5 cm³/mol. The summed E-state index contributed by atoms with van der Waals surface area (Å²) in [6, 6.07) is 4.84. The number of nitrogens with one attached hydrogen (secondary N) is 3. The van der Waals surface area contributed by atoms with Crippen molar-refractivity contribution in [2.45, 2.75) is 18.4 Å². The molecule has 1 spiro atoms. The van der Waals surface area contributed by atoms with Crippen molar-refractivity contribution < 1.29 is 19.2 Å². The van der Waals surface area contributed by atoms with Crippen molar-refractivity contribution in [2.24, 2.45) is 0 Å². The van der Waals surface area contributed by atoms with E-state index in [2.05, 4.69) is 16.0 Å². The van der Waals surface area contributed by atoms with Crippen molar-refractivity contribution in [1.82, 2.24) is 20.4 Å². The molecule has 0 bridgehead atoms. The van der Waals surface area contributed by atoms with Crippen LogP contribution in [0.15, 0.2) is 18.2 Å². The fourth-order valence-corrected chi connectivity index (χ4v) is 3.81. The molecule has 3 N–H and O–H groups in total. The number of benzene rings is 1. The molecule has 1 aromatic carbocycles. The molecule has 9 nitrogen and oxygen atoms in total. The van der Waals surface area contributed by atoms with Gasteiger partial charge in [-0.05, 0) is 23.3 Å². The van der Waals surface area contributed by atoms with E-state index in [4.69, 9.17) is 0 Å². The zero-order chi connectivity index (χ0) is 18.5. The third kappa shape index (κ3) is 2.47. The van der Waals surface area contributed by atoms with Gasteiger partial charge in [0.1, 0.15) is 12.1 Å². The van der Waals surface area contributed by atoms with E-state index in [1.807, 2.05) is 12.1 Å². The van der Waals surface area contributed by atoms with Crippen LogP contribution in [0.5, 0.6) is 0 Å². The van der Waals surface area contributed by atoms with Crippen LogP contribution in [0.4, 0.5) is 15.3 Å².